The summed E-state index contributed by atoms with van der Waals surface area (Å²) in [6, 6.07) is 17.2. The zero-order valence-corrected chi connectivity index (χ0v) is 21.4. The van der Waals surface area contributed by atoms with Crippen LogP contribution in [0.15, 0.2) is 65.6 Å². The van der Waals surface area contributed by atoms with Gasteiger partial charge in [0.2, 0.25) is 5.91 Å². The van der Waals surface area contributed by atoms with E-state index >= 15 is 0 Å². The van der Waals surface area contributed by atoms with Crippen molar-refractivity contribution in [3.63, 3.8) is 0 Å². The maximum atomic E-state index is 13.6. The zero-order valence-electron chi connectivity index (χ0n) is 20.5. The van der Waals surface area contributed by atoms with E-state index in [0.717, 1.165) is 26.6 Å². The number of nitrogens with zero attached hydrogens (tertiary/aromatic N) is 1. The second-order valence-corrected chi connectivity index (χ2v) is 10.4. The molecule has 7 heteroatoms. The van der Waals surface area contributed by atoms with Crippen molar-refractivity contribution in [1.82, 2.24) is 5.32 Å². The SMILES string of the molecule is COc1ccc(C)cc1N(CC(=O)NC(C)c1cc(C)c(C)cc1C)S(=O)(=O)c1ccccc1. The Morgan fingerprint density at radius 3 is 2.24 bits per heavy atom. The van der Waals surface area contributed by atoms with Gasteiger partial charge in [-0.15, -0.1) is 0 Å². The summed E-state index contributed by atoms with van der Waals surface area (Å²) in [4.78, 5) is 13.3. The monoisotopic (exact) mass is 480 g/mol. The smallest absolute Gasteiger partial charge is 0.264 e. The normalized spacial score (nSPS) is 12.2. The number of hydrogen-bond acceptors (Lipinski definition) is 4. The summed E-state index contributed by atoms with van der Waals surface area (Å²) in [5, 5.41) is 2.97. The van der Waals surface area contributed by atoms with Crippen LogP contribution in [0.3, 0.4) is 0 Å². The molecule has 0 heterocycles. The number of amides is 1. The Bertz CT molecular complexity index is 1290. The number of aryl methyl sites for hydroxylation is 4. The lowest BCUT2D eigenvalue weighted by atomic mass is 9.96. The van der Waals surface area contributed by atoms with E-state index in [2.05, 4.69) is 24.4 Å². The molecule has 34 heavy (non-hydrogen) atoms. The van der Waals surface area contributed by atoms with E-state index in [9.17, 15) is 13.2 Å². The fourth-order valence-corrected chi connectivity index (χ4v) is 5.40. The van der Waals surface area contributed by atoms with Gasteiger partial charge in [0, 0.05) is 0 Å². The van der Waals surface area contributed by atoms with Gasteiger partial charge < -0.3 is 10.1 Å². The molecule has 0 aliphatic carbocycles. The van der Waals surface area contributed by atoms with Gasteiger partial charge in [0.05, 0.1) is 23.7 Å². The molecule has 0 spiro atoms. The Hall–Kier alpha value is -3.32. The molecule has 3 rings (SSSR count). The van der Waals surface area contributed by atoms with Crippen molar-refractivity contribution >= 4 is 21.6 Å². The average molecular weight is 481 g/mol. The summed E-state index contributed by atoms with van der Waals surface area (Å²) in [6.45, 7) is 9.47. The molecule has 0 aromatic heterocycles. The first-order valence-corrected chi connectivity index (χ1v) is 12.6. The standard InChI is InChI=1S/C27H32N2O4S/c1-18-12-13-26(33-6)25(14-18)29(34(31,32)23-10-8-7-9-11-23)17-27(30)28-22(5)24-16-20(3)19(2)15-21(24)4/h7-16,22H,17H2,1-6H3,(H,28,30). The minimum Gasteiger partial charge on any atom is -0.495 e. The van der Waals surface area contributed by atoms with Crippen LogP contribution < -0.4 is 14.4 Å². The predicted octanol–water partition coefficient (Wildman–Crippen LogP) is 5.00. The summed E-state index contributed by atoms with van der Waals surface area (Å²) < 4.78 is 33.8. The summed E-state index contributed by atoms with van der Waals surface area (Å²) in [6.07, 6.45) is 0. The van der Waals surface area contributed by atoms with E-state index in [1.165, 1.54) is 24.8 Å². The number of hydrogen-bond donors (Lipinski definition) is 1. The van der Waals surface area contributed by atoms with Gasteiger partial charge in [-0.3, -0.25) is 9.10 Å². The summed E-state index contributed by atoms with van der Waals surface area (Å²) >= 11 is 0. The van der Waals surface area contributed by atoms with E-state index < -0.39 is 15.9 Å². The number of methoxy groups -OCH3 is 1. The highest BCUT2D eigenvalue weighted by molar-refractivity contribution is 7.92. The van der Waals surface area contributed by atoms with Crippen LogP contribution in [0.2, 0.25) is 0 Å². The molecule has 0 saturated carbocycles. The molecule has 1 amide bonds. The average Bonchev–Trinajstić information content (AvgIpc) is 2.80. The lowest BCUT2D eigenvalue weighted by Crippen LogP contribution is -2.41. The number of benzene rings is 3. The Balaban J connectivity index is 1.97. The first kappa shape index (κ1) is 25.3. The molecule has 3 aromatic carbocycles. The highest BCUT2D eigenvalue weighted by Crippen LogP contribution is 2.33. The minimum absolute atomic E-state index is 0.101. The van der Waals surface area contributed by atoms with Crippen molar-refractivity contribution in [2.45, 2.75) is 45.6 Å². The van der Waals surface area contributed by atoms with Crippen LogP contribution in [-0.4, -0.2) is 28.0 Å². The molecule has 0 aliphatic heterocycles. The molecule has 0 fully saturated rings. The molecule has 0 saturated heterocycles. The second-order valence-electron chi connectivity index (χ2n) is 8.58. The minimum atomic E-state index is -4.03. The third-order valence-electron chi connectivity index (χ3n) is 5.95. The summed E-state index contributed by atoms with van der Waals surface area (Å²) in [5.74, 6) is -0.0378. The number of ether oxygens (including phenoxy) is 1. The van der Waals surface area contributed by atoms with Gasteiger partial charge in [-0.2, -0.15) is 0 Å². The molecule has 1 unspecified atom stereocenters. The van der Waals surface area contributed by atoms with Crippen molar-refractivity contribution in [3.05, 3.63) is 88.5 Å². The first-order chi connectivity index (χ1) is 16.0. The third-order valence-corrected chi connectivity index (χ3v) is 7.72. The van der Waals surface area contributed by atoms with Gasteiger partial charge in [-0.05, 0) is 86.7 Å². The maximum Gasteiger partial charge on any atom is 0.264 e. The van der Waals surface area contributed by atoms with Gasteiger partial charge in [-0.25, -0.2) is 8.42 Å². The van der Waals surface area contributed by atoms with Crippen molar-refractivity contribution in [2.24, 2.45) is 0 Å². The van der Waals surface area contributed by atoms with Crippen LogP contribution in [0, 0.1) is 27.7 Å². The zero-order chi connectivity index (χ0) is 25.0. The van der Waals surface area contributed by atoms with Crippen molar-refractivity contribution in [1.29, 1.82) is 0 Å². The lowest BCUT2D eigenvalue weighted by molar-refractivity contribution is -0.120. The highest BCUT2D eigenvalue weighted by atomic mass is 32.2. The molecular formula is C27H32N2O4S. The number of sulfonamides is 1. The quantitative estimate of drug-likeness (QED) is 0.492. The number of rotatable bonds is 8. The van der Waals surface area contributed by atoms with Gasteiger partial charge in [0.25, 0.3) is 10.0 Å². The van der Waals surface area contributed by atoms with Crippen molar-refractivity contribution in [2.75, 3.05) is 18.0 Å². The maximum absolute atomic E-state index is 13.6. The molecule has 3 aromatic rings. The summed E-state index contributed by atoms with van der Waals surface area (Å²) in [7, 11) is -2.55. The van der Waals surface area contributed by atoms with Crippen LogP contribution in [0.25, 0.3) is 0 Å². The number of carbonyl (C=O) groups is 1. The number of anilines is 1. The number of nitrogens with one attached hydrogen (secondary N) is 1. The Morgan fingerprint density at radius 2 is 1.59 bits per heavy atom. The van der Waals surface area contributed by atoms with Crippen molar-refractivity contribution in [3.8, 4) is 5.75 Å². The fraction of sp³-hybridized carbons (Fsp3) is 0.296. The van der Waals surface area contributed by atoms with E-state index in [1.807, 2.05) is 33.8 Å². The van der Waals surface area contributed by atoms with Crippen molar-refractivity contribution < 1.29 is 17.9 Å². The van der Waals surface area contributed by atoms with Crippen LogP contribution in [0.1, 0.15) is 40.8 Å². The topological polar surface area (TPSA) is 75.7 Å². The Morgan fingerprint density at radius 1 is 0.941 bits per heavy atom. The lowest BCUT2D eigenvalue weighted by Gasteiger charge is -2.27. The highest BCUT2D eigenvalue weighted by Gasteiger charge is 2.30. The van der Waals surface area contributed by atoms with Gasteiger partial charge in [-0.1, -0.05) is 36.4 Å². The molecule has 0 radical (unpaired) electrons. The molecule has 6 nitrogen and oxygen atoms in total. The van der Waals surface area contributed by atoms with Gasteiger partial charge in [0.1, 0.15) is 12.3 Å². The van der Waals surface area contributed by atoms with Crippen LogP contribution in [0.4, 0.5) is 5.69 Å². The van der Waals surface area contributed by atoms with Crippen LogP contribution in [-0.2, 0) is 14.8 Å². The largest absolute Gasteiger partial charge is 0.495 e. The fourth-order valence-electron chi connectivity index (χ4n) is 3.96. The Kier molecular flexibility index (Phi) is 7.67. The molecule has 1 atom stereocenters. The predicted molar refractivity (Wildman–Crippen MR) is 136 cm³/mol. The van der Waals surface area contributed by atoms with Crippen LogP contribution in [0.5, 0.6) is 5.75 Å². The Labute approximate surface area is 202 Å². The van der Waals surface area contributed by atoms with Gasteiger partial charge >= 0.3 is 0 Å². The first-order valence-electron chi connectivity index (χ1n) is 11.1. The number of carbonyl (C=O) groups excluding carboxylic acids is 1. The third kappa shape index (κ3) is 5.42. The second kappa shape index (κ2) is 10.3. The van der Waals surface area contributed by atoms with E-state index in [-0.39, 0.29) is 17.5 Å². The molecule has 180 valence electrons. The van der Waals surface area contributed by atoms with E-state index in [4.69, 9.17) is 4.74 Å². The molecule has 0 bridgehead atoms. The molecule has 1 N–H and O–H groups in total. The van der Waals surface area contributed by atoms with Crippen LogP contribution >= 0.6 is 0 Å². The van der Waals surface area contributed by atoms with E-state index in [1.54, 1.807) is 30.3 Å². The summed E-state index contributed by atoms with van der Waals surface area (Å²) in [5.41, 5.74) is 5.57. The molecule has 0 aliphatic rings. The molecular weight excluding hydrogens is 448 g/mol. The van der Waals surface area contributed by atoms with E-state index in [0.29, 0.717) is 11.4 Å². The van der Waals surface area contributed by atoms with Gasteiger partial charge in [0.15, 0.2) is 0 Å².